The quantitative estimate of drug-likeness (QED) is 0.781. The van der Waals surface area contributed by atoms with Gasteiger partial charge in [-0.1, -0.05) is 44.2 Å². The van der Waals surface area contributed by atoms with Crippen molar-refractivity contribution in [2.45, 2.75) is 84.0 Å². The Kier molecular flexibility index (Phi) is 5.04. The Balaban J connectivity index is 1.27. The number of nitrogens with one attached hydrogen (secondary N) is 1. The summed E-state index contributed by atoms with van der Waals surface area (Å²) in [6, 6.07) is 11.8. The zero-order valence-corrected chi connectivity index (χ0v) is 18.7. The molecule has 1 aromatic carbocycles. The lowest BCUT2D eigenvalue weighted by Gasteiger charge is -2.39. The van der Waals surface area contributed by atoms with Gasteiger partial charge in [-0.15, -0.1) is 0 Å². The van der Waals surface area contributed by atoms with Crippen LogP contribution in [0.1, 0.15) is 83.8 Å². The first kappa shape index (κ1) is 20.5. The van der Waals surface area contributed by atoms with Crippen LogP contribution in [0.4, 0.5) is 0 Å². The molecule has 0 spiro atoms. The first-order chi connectivity index (χ1) is 14.8. The van der Waals surface area contributed by atoms with Crippen LogP contribution in [-0.2, 0) is 13.0 Å². The van der Waals surface area contributed by atoms with Crippen molar-refractivity contribution in [2.75, 3.05) is 0 Å². The van der Waals surface area contributed by atoms with E-state index in [0.717, 1.165) is 19.4 Å². The van der Waals surface area contributed by atoms with Gasteiger partial charge in [-0.05, 0) is 43.6 Å². The van der Waals surface area contributed by atoms with Crippen LogP contribution in [0.15, 0.2) is 34.7 Å². The third-order valence-electron chi connectivity index (χ3n) is 7.41. The largest absolute Gasteiger partial charge is 0.455 e. The molecule has 2 bridgehead atoms. The Labute approximate surface area is 184 Å². The molecular formula is C26H32N2O3. The number of ketones is 1. The number of nitrogens with zero attached hydrogens (tertiary/aromatic N) is 1. The first-order valence-corrected chi connectivity index (χ1v) is 11.6. The van der Waals surface area contributed by atoms with E-state index in [4.69, 9.17) is 4.42 Å². The van der Waals surface area contributed by atoms with Gasteiger partial charge in [-0.2, -0.15) is 0 Å². The van der Waals surface area contributed by atoms with Gasteiger partial charge in [-0.3, -0.25) is 14.5 Å². The SMILES string of the molecule is Cc1c(C(=O)NC2CC3CCC(C2)N3Cc2ccccc2)oc2c1C(=O)CC(C)(C)C2. The molecule has 2 aromatic rings. The summed E-state index contributed by atoms with van der Waals surface area (Å²) in [4.78, 5) is 28.3. The molecule has 2 fully saturated rings. The van der Waals surface area contributed by atoms with Crippen LogP contribution in [0, 0.1) is 12.3 Å². The van der Waals surface area contributed by atoms with Crippen molar-refractivity contribution < 1.29 is 14.0 Å². The van der Waals surface area contributed by atoms with E-state index in [9.17, 15) is 9.59 Å². The standard InChI is InChI=1S/C26H32N2O3/c1-16-23-21(29)13-26(2,3)14-22(23)31-24(16)25(30)27-18-11-19-9-10-20(12-18)28(19)15-17-7-5-4-6-8-17/h4-8,18-20H,9-15H2,1-3H3,(H,27,30). The summed E-state index contributed by atoms with van der Waals surface area (Å²) in [5.41, 5.74) is 2.58. The molecule has 31 heavy (non-hydrogen) atoms. The number of carbonyl (C=O) groups excluding carboxylic acids is 2. The van der Waals surface area contributed by atoms with Crippen LogP contribution >= 0.6 is 0 Å². The summed E-state index contributed by atoms with van der Waals surface area (Å²) in [6.07, 6.45) is 5.54. The van der Waals surface area contributed by atoms with Gasteiger partial charge in [0.1, 0.15) is 5.76 Å². The maximum Gasteiger partial charge on any atom is 0.287 e. The van der Waals surface area contributed by atoms with Gasteiger partial charge >= 0.3 is 0 Å². The fraction of sp³-hybridized carbons (Fsp3) is 0.538. The van der Waals surface area contributed by atoms with Gasteiger partial charge < -0.3 is 9.73 Å². The molecule has 0 saturated carbocycles. The van der Waals surface area contributed by atoms with Crippen LogP contribution in [0.25, 0.3) is 0 Å². The molecule has 2 aliphatic heterocycles. The predicted octanol–water partition coefficient (Wildman–Crippen LogP) is 4.67. The van der Waals surface area contributed by atoms with Crippen LogP contribution in [0.5, 0.6) is 0 Å². The van der Waals surface area contributed by atoms with Crippen molar-refractivity contribution in [3.8, 4) is 0 Å². The highest BCUT2D eigenvalue weighted by atomic mass is 16.4. The van der Waals surface area contributed by atoms with Crippen molar-refractivity contribution >= 4 is 11.7 Å². The van der Waals surface area contributed by atoms with E-state index in [0.29, 0.717) is 47.6 Å². The summed E-state index contributed by atoms with van der Waals surface area (Å²) in [5.74, 6) is 0.939. The first-order valence-electron chi connectivity index (χ1n) is 11.6. The number of rotatable bonds is 4. The van der Waals surface area contributed by atoms with E-state index in [1.54, 1.807) is 0 Å². The van der Waals surface area contributed by atoms with Crippen LogP contribution in [0.3, 0.4) is 0 Å². The highest BCUT2D eigenvalue weighted by molar-refractivity contribution is 6.03. The van der Waals surface area contributed by atoms with E-state index in [-0.39, 0.29) is 23.1 Å². The summed E-state index contributed by atoms with van der Waals surface area (Å²) < 4.78 is 5.97. The zero-order valence-electron chi connectivity index (χ0n) is 18.7. The Hall–Kier alpha value is -2.40. The van der Waals surface area contributed by atoms with E-state index in [1.807, 2.05) is 6.92 Å². The molecule has 3 heterocycles. The third kappa shape index (κ3) is 3.84. The molecule has 0 radical (unpaired) electrons. The number of piperidine rings is 1. The minimum atomic E-state index is -0.168. The molecular weight excluding hydrogens is 388 g/mol. The Bertz CT molecular complexity index is 993. The second kappa shape index (κ2) is 7.63. The lowest BCUT2D eigenvalue weighted by Crippen LogP contribution is -2.50. The van der Waals surface area contributed by atoms with Gasteiger partial charge in [-0.25, -0.2) is 0 Å². The van der Waals surface area contributed by atoms with Gasteiger partial charge in [0.15, 0.2) is 11.5 Å². The maximum atomic E-state index is 13.1. The van der Waals surface area contributed by atoms with Crippen LogP contribution < -0.4 is 5.32 Å². The van der Waals surface area contributed by atoms with Crippen LogP contribution in [-0.4, -0.2) is 34.7 Å². The van der Waals surface area contributed by atoms with Gasteiger partial charge in [0, 0.05) is 43.1 Å². The Morgan fingerprint density at radius 3 is 2.48 bits per heavy atom. The number of fused-ring (bicyclic) bond motifs is 3. The number of Topliss-reactive ketones (excluding diaryl/α,β-unsaturated/α-hetero) is 1. The van der Waals surface area contributed by atoms with Gasteiger partial charge in [0.2, 0.25) is 0 Å². The summed E-state index contributed by atoms with van der Waals surface area (Å²) >= 11 is 0. The molecule has 1 amide bonds. The molecule has 164 valence electrons. The van der Waals surface area contributed by atoms with E-state index < -0.39 is 0 Å². The van der Waals surface area contributed by atoms with Crippen LogP contribution in [0.2, 0.25) is 0 Å². The second-order valence-corrected chi connectivity index (χ2v) is 10.5. The van der Waals surface area contributed by atoms with E-state index >= 15 is 0 Å². The highest BCUT2D eigenvalue weighted by Crippen LogP contribution is 2.39. The molecule has 2 saturated heterocycles. The molecule has 5 rings (SSSR count). The number of benzene rings is 1. The number of hydrogen-bond donors (Lipinski definition) is 1. The molecule has 1 aliphatic carbocycles. The summed E-state index contributed by atoms with van der Waals surface area (Å²) in [5, 5.41) is 3.24. The highest BCUT2D eigenvalue weighted by Gasteiger charge is 2.42. The van der Waals surface area contributed by atoms with Crippen molar-refractivity contribution in [1.82, 2.24) is 10.2 Å². The monoisotopic (exact) mass is 420 g/mol. The molecule has 5 heteroatoms. The molecule has 1 aromatic heterocycles. The molecule has 1 N–H and O–H groups in total. The number of hydrogen-bond acceptors (Lipinski definition) is 4. The lowest BCUT2D eigenvalue weighted by molar-refractivity contribution is 0.0797. The summed E-state index contributed by atoms with van der Waals surface area (Å²) in [7, 11) is 0. The predicted molar refractivity (Wildman–Crippen MR) is 119 cm³/mol. The molecule has 2 atom stereocenters. The van der Waals surface area contributed by atoms with E-state index in [2.05, 4.69) is 54.4 Å². The minimum absolute atomic E-state index is 0.0961. The average Bonchev–Trinajstić information content (AvgIpc) is 3.14. The van der Waals surface area contributed by atoms with Gasteiger partial charge in [0.05, 0.1) is 5.56 Å². The van der Waals surface area contributed by atoms with Crippen molar-refractivity contribution in [2.24, 2.45) is 5.41 Å². The third-order valence-corrected chi connectivity index (χ3v) is 7.41. The topological polar surface area (TPSA) is 62.6 Å². The Morgan fingerprint density at radius 2 is 1.81 bits per heavy atom. The maximum absolute atomic E-state index is 13.1. The minimum Gasteiger partial charge on any atom is -0.455 e. The molecule has 3 aliphatic rings. The zero-order chi connectivity index (χ0) is 21.8. The fourth-order valence-electron chi connectivity index (χ4n) is 5.99. The fourth-order valence-corrected chi connectivity index (χ4v) is 5.99. The normalized spacial score (nSPS) is 27.2. The second-order valence-electron chi connectivity index (χ2n) is 10.5. The number of furan rings is 1. The lowest BCUT2D eigenvalue weighted by atomic mass is 9.76. The van der Waals surface area contributed by atoms with Crippen molar-refractivity contribution in [1.29, 1.82) is 0 Å². The molecule has 5 nitrogen and oxygen atoms in total. The van der Waals surface area contributed by atoms with Crippen molar-refractivity contribution in [3.05, 3.63) is 58.5 Å². The van der Waals surface area contributed by atoms with Crippen molar-refractivity contribution in [3.63, 3.8) is 0 Å². The van der Waals surface area contributed by atoms with E-state index in [1.165, 1.54) is 18.4 Å². The summed E-state index contributed by atoms with van der Waals surface area (Å²) in [6.45, 7) is 6.98. The smallest absolute Gasteiger partial charge is 0.287 e. The van der Waals surface area contributed by atoms with Gasteiger partial charge in [0.25, 0.3) is 5.91 Å². The molecule has 2 unspecified atom stereocenters. The number of carbonyl (C=O) groups is 2. The number of amides is 1. The average molecular weight is 421 g/mol. The Morgan fingerprint density at radius 1 is 1.13 bits per heavy atom.